The highest BCUT2D eigenvalue weighted by Crippen LogP contribution is 2.27. The molecule has 0 aliphatic heterocycles. The second-order valence-corrected chi connectivity index (χ2v) is 9.20. The van der Waals surface area contributed by atoms with Crippen molar-refractivity contribution in [2.24, 2.45) is 5.73 Å². The van der Waals surface area contributed by atoms with E-state index in [1.165, 1.54) is 7.11 Å². The first-order valence-corrected chi connectivity index (χ1v) is 12.7. The van der Waals surface area contributed by atoms with Gasteiger partial charge in [-0.1, -0.05) is 36.4 Å². The first-order chi connectivity index (χ1) is 19.7. The smallest absolute Gasteiger partial charge is 0.259 e. The average Bonchev–Trinajstić information content (AvgIpc) is 2.97. The number of carbonyl (C=O) groups excluding carboxylic acids is 2. The van der Waals surface area contributed by atoms with Gasteiger partial charge in [-0.05, 0) is 73.5 Å². The summed E-state index contributed by atoms with van der Waals surface area (Å²) in [4.78, 5) is 43.3. The number of methoxy groups -OCH3 is 2. The van der Waals surface area contributed by atoms with Crippen LogP contribution in [0.15, 0.2) is 89.7 Å². The van der Waals surface area contributed by atoms with Crippen molar-refractivity contribution < 1.29 is 19.1 Å². The number of hydrogen-bond acceptors (Lipinski definition) is 6. The molecule has 0 bridgehead atoms. The Morgan fingerprint density at radius 3 is 2.15 bits per heavy atom. The number of hydrogen-bond donors (Lipinski definition) is 3. The fourth-order valence-corrected chi connectivity index (χ4v) is 4.22. The predicted octanol–water partition coefficient (Wildman–Crippen LogP) is 5.26. The van der Waals surface area contributed by atoms with Crippen molar-refractivity contribution in [3.8, 4) is 22.9 Å². The Kier molecular flexibility index (Phi) is 8.79. The Balaban J connectivity index is 0.000000189. The largest absolute Gasteiger partial charge is 0.496 e. The number of aromatic amines is 1. The second kappa shape index (κ2) is 12.6. The fraction of sp³-hybridized carbons (Fsp3) is 0.125. The lowest BCUT2D eigenvalue weighted by Crippen LogP contribution is -2.18. The van der Waals surface area contributed by atoms with E-state index >= 15 is 0 Å². The highest BCUT2D eigenvalue weighted by Gasteiger charge is 2.15. The van der Waals surface area contributed by atoms with Gasteiger partial charge in [-0.15, -0.1) is 0 Å². The minimum absolute atomic E-state index is 0.143. The van der Waals surface area contributed by atoms with E-state index in [-0.39, 0.29) is 17.0 Å². The molecule has 2 amide bonds. The number of nitrogens with two attached hydrogens (primary N) is 1. The van der Waals surface area contributed by atoms with E-state index in [1.54, 1.807) is 55.6 Å². The summed E-state index contributed by atoms with van der Waals surface area (Å²) in [6.45, 7) is 3.84. The summed E-state index contributed by atoms with van der Waals surface area (Å²) in [6, 6.07) is 25.0. The molecule has 5 rings (SSSR count). The molecular formula is C32H30N4O5. The zero-order valence-electron chi connectivity index (χ0n) is 23.1. The van der Waals surface area contributed by atoms with E-state index in [0.717, 1.165) is 16.7 Å². The molecule has 208 valence electrons. The van der Waals surface area contributed by atoms with Gasteiger partial charge in [0.05, 0.1) is 47.5 Å². The Morgan fingerprint density at radius 1 is 0.805 bits per heavy atom. The predicted molar refractivity (Wildman–Crippen MR) is 160 cm³/mol. The molecule has 4 N–H and O–H groups in total. The van der Waals surface area contributed by atoms with Gasteiger partial charge in [0, 0.05) is 0 Å². The molecule has 0 atom stereocenters. The van der Waals surface area contributed by atoms with E-state index in [2.05, 4.69) is 15.3 Å². The number of primary amides is 1. The molecule has 9 heteroatoms. The maximum atomic E-state index is 12.3. The molecule has 0 spiro atoms. The average molecular weight is 551 g/mol. The Labute approximate surface area is 237 Å². The monoisotopic (exact) mass is 550 g/mol. The minimum atomic E-state index is -0.592. The van der Waals surface area contributed by atoms with Crippen LogP contribution in [0.2, 0.25) is 0 Å². The number of nitrogens with zero attached hydrogens (tertiary/aromatic N) is 1. The normalized spacial score (nSPS) is 10.3. The Bertz CT molecular complexity index is 1800. The van der Waals surface area contributed by atoms with Gasteiger partial charge in [0.1, 0.15) is 17.3 Å². The third-order valence-electron chi connectivity index (χ3n) is 6.26. The molecule has 0 saturated heterocycles. The summed E-state index contributed by atoms with van der Waals surface area (Å²) in [5, 5.41) is 3.30. The molecule has 9 nitrogen and oxygen atoms in total. The first kappa shape index (κ1) is 28.6. The van der Waals surface area contributed by atoms with Crippen LogP contribution in [0.5, 0.6) is 11.5 Å². The van der Waals surface area contributed by atoms with Crippen LogP contribution in [0.25, 0.3) is 22.3 Å². The van der Waals surface area contributed by atoms with Crippen molar-refractivity contribution in [3.05, 3.63) is 118 Å². The van der Waals surface area contributed by atoms with Crippen molar-refractivity contribution in [1.82, 2.24) is 9.97 Å². The SMILES string of the molecule is COc1ccccc1-c1nc2cc(C)ccc2c(=O)[nH]1.COc1ccccc1C(=O)Nc1cc(C)ccc1C(N)=O. The van der Waals surface area contributed by atoms with Crippen molar-refractivity contribution in [1.29, 1.82) is 0 Å². The van der Waals surface area contributed by atoms with E-state index in [1.807, 2.05) is 50.2 Å². The van der Waals surface area contributed by atoms with Gasteiger partial charge in [0.2, 0.25) is 0 Å². The second-order valence-electron chi connectivity index (χ2n) is 9.20. The summed E-state index contributed by atoms with van der Waals surface area (Å²) in [6.07, 6.45) is 0. The summed E-state index contributed by atoms with van der Waals surface area (Å²) in [5.41, 5.74) is 9.66. The molecule has 5 aromatic rings. The van der Waals surface area contributed by atoms with E-state index in [9.17, 15) is 14.4 Å². The maximum Gasteiger partial charge on any atom is 0.259 e. The summed E-state index contributed by atoms with van der Waals surface area (Å²) < 4.78 is 10.5. The Morgan fingerprint density at radius 2 is 1.44 bits per heavy atom. The number of anilines is 1. The number of aromatic nitrogens is 2. The fourth-order valence-electron chi connectivity index (χ4n) is 4.22. The van der Waals surface area contributed by atoms with Crippen molar-refractivity contribution in [3.63, 3.8) is 0 Å². The Hall–Kier alpha value is -5.44. The van der Waals surface area contributed by atoms with E-state index < -0.39 is 5.91 Å². The van der Waals surface area contributed by atoms with E-state index in [4.69, 9.17) is 15.2 Å². The number of fused-ring (bicyclic) bond motifs is 1. The molecule has 0 unspecified atom stereocenters. The number of nitrogens with one attached hydrogen (secondary N) is 2. The first-order valence-electron chi connectivity index (χ1n) is 12.7. The standard InChI is InChI=1S/C16H16N2O3.C16H14N2O2/c1-10-7-8-11(15(17)19)13(9-10)18-16(20)12-5-3-4-6-14(12)21-2;1-10-7-8-11-13(9-10)17-15(18-16(11)19)12-5-3-4-6-14(12)20-2/h3-9H,1-2H3,(H2,17,19)(H,18,20);3-9H,1-2H3,(H,17,18,19). The van der Waals surface area contributed by atoms with Crippen LogP contribution in [0.4, 0.5) is 5.69 Å². The quantitative estimate of drug-likeness (QED) is 0.264. The summed E-state index contributed by atoms with van der Waals surface area (Å²) in [7, 11) is 3.09. The van der Waals surface area contributed by atoms with Crippen LogP contribution in [-0.2, 0) is 0 Å². The summed E-state index contributed by atoms with van der Waals surface area (Å²) >= 11 is 0. The maximum absolute atomic E-state index is 12.3. The van der Waals surface area contributed by atoms with Crippen molar-refractivity contribution in [2.75, 3.05) is 19.5 Å². The zero-order valence-corrected chi connectivity index (χ0v) is 23.1. The molecule has 0 saturated carbocycles. The number of para-hydroxylation sites is 2. The number of H-pyrrole nitrogens is 1. The van der Waals surface area contributed by atoms with Gasteiger partial charge < -0.3 is 25.5 Å². The highest BCUT2D eigenvalue weighted by molar-refractivity contribution is 6.10. The molecule has 1 aromatic heterocycles. The third-order valence-corrected chi connectivity index (χ3v) is 6.26. The van der Waals surface area contributed by atoms with Crippen molar-refractivity contribution >= 4 is 28.4 Å². The van der Waals surface area contributed by atoms with Crippen LogP contribution < -0.4 is 26.1 Å². The molecular weight excluding hydrogens is 520 g/mol. The molecule has 41 heavy (non-hydrogen) atoms. The number of carbonyl (C=O) groups is 2. The van der Waals surface area contributed by atoms with Gasteiger partial charge in [-0.25, -0.2) is 4.98 Å². The number of ether oxygens (including phenoxy) is 2. The van der Waals surface area contributed by atoms with Gasteiger partial charge in [-0.3, -0.25) is 14.4 Å². The van der Waals surface area contributed by atoms with Gasteiger partial charge in [0.25, 0.3) is 17.4 Å². The lowest BCUT2D eigenvalue weighted by atomic mass is 10.1. The van der Waals surface area contributed by atoms with Crippen LogP contribution in [0.1, 0.15) is 31.8 Å². The van der Waals surface area contributed by atoms with Crippen LogP contribution in [0.3, 0.4) is 0 Å². The molecule has 0 radical (unpaired) electrons. The molecule has 0 fully saturated rings. The summed E-state index contributed by atoms with van der Waals surface area (Å²) in [5.74, 6) is 0.711. The lowest BCUT2D eigenvalue weighted by molar-refractivity contribution is 0.100. The molecule has 1 heterocycles. The molecule has 0 aliphatic rings. The van der Waals surface area contributed by atoms with E-state index in [0.29, 0.717) is 39.5 Å². The molecule has 0 aliphatic carbocycles. The number of amides is 2. The topological polar surface area (TPSA) is 136 Å². The number of aryl methyl sites for hydroxylation is 2. The van der Waals surface area contributed by atoms with Gasteiger partial charge >= 0.3 is 0 Å². The van der Waals surface area contributed by atoms with Crippen LogP contribution >= 0.6 is 0 Å². The minimum Gasteiger partial charge on any atom is -0.496 e. The third kappa shape index (κ3) is 6.59. The molecule has 4 aromatic carbocycles. The zero-order chi connectivity index (χ0) is 29.5. The van der Waals surface area contributed by atoms with Crippen LogP contribution in [0, 0.1) is 13.8 Å². The highest BCUT2D eigenvalue weighted by atomic mass is 16.5. The van der Waals surface area contributed by atoms with Gasteiger partial charge in [0.15, 0.2) is 0 Å². The number of benzene rings is 4. The lowest BCUT2D eigenvalue weighted by Gasteiger charge is -2.12. The van der Waals surface area contributed by atoms with Crippen LogP contribution in [-0.4, -0.2) is 36.0 Å². The van der Waals surface area contributed by atoms with Gasteiger partial charge in [-0.2, -0.15) is 0 Å². The number of rotatable bonds is 6. The van der Waals surface area contributed by atoms with Crippen molar-refractivity contribution in [2.45, 2.75) is 13.8 Å².